The molecule has 0 radical (unpaired) electrons. The predicted molar refractivity (Wildman–Crippen MR) is 52.6 cm³/mol. The molecule has 1 aromatic carbocycles. The molecule has 5 heteroatoms. The number of amides is 2. The second-order valence-corrected chi connectivity index (χ2v) is 3.41. The molecule has 0 saturated carbocycles. The van der Waals surface area contributed by atoms with Crippen LogP contribution < -0.4 is 4.90 Å². The molecule has 1 saturated heterocycles. The maximum absolute atomic E-state index is 13.4. The minimum absolute atomic E-state index is 0.105. The molecule has 0 N–H and O–H groups in total. The summed E-state index contributed by atoms with van der Waals surface area (Å²) < 4.78 is 26.0. The Balaban J connectivity index is 2.48. The molecule has 1 aliphatic rings. The van der Waals surface area contributed by atoms with E-state index in [0.29, 0.717) is 11.0 Å². The zero-order valence-corrected chi connectivity index (χ0v) is 8.17. The molecule has 0 aliphatic carbocycles. The first-order valence-electron chi connectivity index (χ1n) is 4.51. The number of hydrogen-bond acceptors (Lipinski definition) is 2. The van der Waals surface area contributed by atoms with Gasteiger partial charge in [0.1, 0.15) is 11.6 Å². The van der Waals surface area contributed by atoms with Crippen molar-refractivity contribution in [2.45, 2.75) is 6.42 Å². The summed E-state index contributed by atoms with van der Waals surface area (Å²) >= 11 is 0. The minimum atomic E-state index is -0.948. The minimum Gasteiger partial charge on any atom is -0.274 e. The summed E-state index contributed by atoms with van der Waals surface area (Å²) in [6.07, 6.45) is -0.129. The molecule has 0 unspecified atom stereocenters. The summed E-state index contributed by atoms with van der Waals surface area (Å²) in [6, 6.07) is 2.66. The topological polar surface area (TPSA) is 37.4 Å². The van der Waals surface area contributed by atoms with Gasteiger partial charge in [-0.05, 0) is 12.1 Å². The lowest BCUT2D eigenvalue weighted by Crippen LogP contribution is -2.29. The Hall–Kier alpha value is -2.04. The normalized spacial score (nSPS) is 16.1. The van der Waals surface area contributed by atoms with Gasteiger partial charge < -0.3 is 0 Å². The largest absolute Gasteiger partial charge is 0.274 e. The second kappa shape index (κ2) is 3.52. The van der Waals surface area contributed by atoms with Crippen molar-refractivity contribution >= 4 is 17.5 Å². The molecule has 2 rings (SSSR count). The lowest BCUT2D eigenvalue weighted by molar-refractivity contribution is -0.120. The Morgan fingerprint density at radius 2 is 1.94 bits per heavy atom. The van der Waals surface area contributed by atoms with E-state index in [4.69, 9.17) is 0 Å². The number of imide groups is 1. The number of carbonyl (C=O) groups excluding carboxylic acids is 2. The predicted octanol–water partition coefficient (Wildman–Crippen LogP) is 1.78. The number of halogens is 2. The van der Waals surface area contributed by atoms with Crippen LogP contribution in [-0.4, -0.2) is 11.8 Å². The highest BCUT2D eigenvalue weighted by Crippen LogP contribution is 2.27. The Bertz CT molecular complexity index is 511. The van der Waals surface area contributed by atoms with Crippen molar-refractivity contribution in [2.24, 2.45) is 0 Å². The molecule has 2 amide bonds. The highest BCUT2D eigenvalue weighted by atomic mass is 19.1. The van der Waals surface area contributed by atoms with E-state index in [-0.39, 0.29) is 17.7 Å². The van der Waals surface area contributed by atoms with Crippen LogP contribution in [0.5, 0.6) is 0 Å². The maximum Gasteiger partial charge on any atom is 0.261 e. The van der Waals surface area contributed by atoms with E-state index >= 15 is 0 Å². The number of carbonyl (C=O) groups is 2. The fraction of sp³-hybridized carbons (Fsp3) is 0.0909. The van der Waals surface area contributed by atoms with E-state index in [2.05, 4.69) is 6.58 Å². The summed E-state index contributed by atoms with van der Waals surface area (Å²) in [5, 5.41) is 0. The lowest BCUT2D eigenvalue weighted by atomic mass is 10.2. The average Bonchev–Trinajstić information content (AvgIpc) is 2.43. The highest BCUT2D eigenvalue weighted by molar-refractivity contribution is 6.27. The molecule has 1 aliphatic heterocycles. The quantitative estimate of drug-likeness (QED) is 0.537. The van der Waals surface area contributed by atoms with E-state index < -0.39 is 23.4 Å². The van der Waals surface area contributed by atoms with Gasteiger partial charge in [0.15, 0.2) is 0 Å². The Morgan fingerprint density at radius 3 is 2.44 bits per heavy atom. The van der Waals surface area contributed by atoms with Crippen LogP contribution in [0.3, 0.4) is 0 Å². The summed E-state index contributed by atoms with van der Waals surface area (Å²) in [6.45, 7) is 3.40. The average molecular weight is 223 g/mol. The third kappa shape index (κ3) is 1.50. The molecule has 0 bridgehead atoms. The number of benzene rings is 1. The monoisotopic (exact) mass is 223 g/mol. The van der Waals surface area contributed by atoms with Gasteiger partial charge in [0.25, 0.3) is 5.91 Å². The first kappa shape index (κ1) is 10.5. The maximum atomic E-state index is 13.4. The van der Waals surface area contributed by atoms with Crippen molar-refractivity contribution in [3.63, 3.8) is 0 Å². The summed E-state index contributed by atoms with van der Waals surface area (Å²) in [7, 11) is 0. The molecule has 82 valence electrons. The molecular weight excluding hydrogens is 216 g/mol. The van der Waals surface area contributed by atoms with Crippen LogP contribution in [0.4, 0.5) is 14.5 Å². The fourth-order valence-corrected chi connectivity index (χ4v) is 1.51. The van der Waals surface area contributed by atoms with E-state index in [1.807, 2.05) is 0 Å². The van der Waals surface area contributed by atoms with Crippen molar-refractivity contribution in [2.75, 3.05) is 4.90 Å². The zero-order chi connectivity index (χ0) is 11.9. The number of hydrogen-bond donors (Lipinski definition) is 0. The van der Waals surface area contributed by atoms with Gasteiger partial charge in [0.2, 0.25) is 5.91 Å². The smallest absolute Gasteiger partial charge is 0.261 e. The van der Waals surface area contributed by atoms with Gasteiger partial charge in [-0.25, -0.2) is 13.7 Å². The van der Waals surface area contributed by atoms with Gasteiger partial charge in [-0.15, -0.1) is 0 Å². The molecule has 0 spiro atoms. The molecule has 0 atom stereocenters. The molecule has 16 heavy (non-hydrogen) atoms. The van der Waals surface area contributed by atoms with Crippen LogP contribution in [0.15, 0.2) is 30.4 Å². The van der Waals surface area contributed by atoms with Gasteiger partial charge in [-0.2, -0.15) is 0 Å². The van der Waals surface area contributed by atoms with Crippen molar-refractivity contribution in [1.82, 2.24) is 0 Å². The van der Waals surface area contributed by atoms with Crippen molar-refractivity contribution < 1.29 is 18.4 Å². The molecule has 0 aromatic heterocycles. The number of nitrogens with zero attached hydrogens (tertiary/aromatic N) is 1. The Kier molecular flexibility index (Phi) is 2.30. The Labute approximate surface area is 90.0 Å². The van der Waals surface area contributed by atoms with Gasteiger partial charge in [0, 0.05) is 11.6 Å². The molecular formula is C11H7F2NO2. The van der Waals surface area contributed by atoms with Crippen LogP contribution in [0, 0.1) is 11.6 Å². The number of rotatable bonds is 1. The molecule has 1 fully saturated rings. The standard InChI is InChI=1S/C11H7F2NO2/c1-6-4-10(15)14(11(6)16)9-3-2-7(12)5-8(9)13/h2-3,5H,1,4H2. The summed E-state index contributed by atoms with van der Waals surface area (Å²) in [5.41, 5.74) is -0.135. The van der Waals surface area contributed by atoms with Gasteiger partial charge in [-0.1, -0.05) is 6.58 Å². The van der Waals surface area contributed by atoms with E-state index in [1.54, 1.807) is 0 Å². The van der Waals surface area contributed by atoms with Crippen LogP contribution in [0.1, 0.15) is 6.42 Å². The summed E-state index contributed by atoms with van der Waals surface area (Å²) in [5.74, 6) is -2.91. The van der Waals surface area contributed by atoms with Crippen molar-refractivity contribution in [3.8, 4) is 0 Å². The van der Waals surface area contributed by atoms with Crippen LogP contribution >= 0.6 is 0 Å². The fourth-order valence-electron chi connectivity index (χ4n) is 1.51. The van der Waals surface area contributed by atoms with Crippen LogP contribution in [0.2, 0.25) is 0 Å². The van der Waals surface area contributed by atoms with Gasteiger partial charge in [0.05, 0.1) is 12.1 Å². The van der Waals surface area contributed by atoms with Crippen LogP contribution in [0.25, 0.3) is 0 Å². The highest BCUT2D eigenvalue weighted by Gasteiger charge is 2.35. The van der Waals surface area contributed by atoms with E-state index in [0.717, 1.165) is 12.1 Å². The number of anilines is 1. The van der Waals surface area contributed by atoms with Crippen molar-refractivity contribution in [3.05, 3.63) is 42.0 Å². The third-order valence-electron chi connectivity index (χ3n) is 2.27. The molecule has 3 nitrogen and oxygen atoms in total. The zero-order valence-electron chi connectivity index (χ0n) is 8.17. The summed E-state index contributed by atoms with van der Waals surface area (Å²) in [4.78, 5) is 23.6. The SMILES string of the molecule is C=C1CC(=O)N(c2ccc(F)cc2F)C1=O. The van der Waals surface area contributed by atoms with Gasteiger partial charge >= 0.3 is 0 Å². The second-order valence-electron chi connectivity index (χ2n) is 3.41. The Morgan fingerprint density at radius 1 is 1.25 bits per heavy atom. The first-order valence-corrected chi connectivity index (χ1v) is 4.51. The molecule has 1 heterocycles. The van der Waals surface area contributed by atoms with Crippen LogP contribution in [-0.2, 0) is 9.59 Å². The molecule has 1 aromatic rings. The van der Waals surface area contributed by atoms with E-state index in [1.165, 1.54) is 0 Å². The lowest BCUT2D eigenvalue weighted by Gasteiger charge is -2.13. The van der Waals surface area contributed by atoms with Crippen molar-refractivity contribution in [1.29, 1.82) is 0 Å². The first-order chi connectivity index (χ1) is 7.50. The van der Waals surface area contributed by atoms with E-state index in [9.17, 15) is 18.4 Å². The van der Waals surface area contributed by atoms with Gasteiger partial charge in [-0.3, -0.25) is 9.59 Å². The third-order valence-corrected chi connectivity index (χ3v) is 2.27.